The zero-order valence-corrected chi connectivity index (χ0v) is 10.4. The highest BCUT2D eigenvalue weighted by Crippen LogP contribution is 2.46. The zero-order chi connectivity index (χ0) is 11.7. The lowest BCUT2D eigenvalue weighted by atomic mass is 9.70. The van der Waals surface area contributed by atoms with E-state index in [4.69, 9.17) is 5.73 Å². The molecule has 1 heterocycles. The van der Waals surface area contributed by atoms with Gasteiger partial charge in [0.1, 0.15) is 0 Å². The molecule has 2 heteroatoms. The molecule has 1 atom stereocenters. The Labute approximate surface area is 104 Å². The van der Waals surface area contributed by atoms with Crippen molar-refractivity contribution in [1.82, 2.24) is 0 Å². The number of rotatable bonds is 3. The third-order valence-electron chi connectivity index (χ3n) is 4.50. The van der Waals surface area contributed by atoms with Crippen LogP contribution in [0.25, 0.3) is 0 Å². The third kappa shape index (κ3) is 1.95. The molecule has 92 valence electrons. The van der Waals surface area contributed by atoms with Crippen molar-refractivity contribution in [2.75, 3.05) is 24.5 Å². The minimum Gasteiger partial charge on any atom is -0.370 e. The minimum absolute atomic E-state index is 0.752. The molecular formula is C15H22N2. The Kier molecular flexibility index (Phi) is 3.06. The quantitative estimate of drug-likeness (QED) is 0.865. The molecule has 1 aromatic carbocycles. The van der Waals surface area contributed by atoms with Crippen LogP contribution in [0.2, 0.25) is 0 Å². The number of fused-ring (bicyclic) bond motifs is 1. The number of nitrogens with zero attached hydrogens (tertiary/aromatic N) is 1. The van der Waals surface area contributed by atoms with E-state index in [9.17, 15) is 0 Å². The third-order valence-corrected chi connectivity index (χ3v) is 4.50. The van der Waals surface area contributed by atoms with Gasteiger partial charge < -0.3 is 10.6 Å². The van der Waals surface area contributed by atoms with Crippen molar-refractivity contribution in [3.05, 3.63) is 29.8 Å². The molecule has 1 aromatic rings. The molecule has 1 aliphatic heterocycles. The van der Waals surface area contributed by atoms with Crippen molar-refractivity contribution < 1.29 is 0 Å². The second kappa shape index (κ2) is 4.69. The summed E-state index contributed by atoms with van der Waals surface area (Å²) in [6.07, 6.45) is 5.64. The van der Waals surface area contributed by atoms with E-state index in [1.165, 1.54) is 37.9 Å². The van der Waals surface area contributed by atoms with Crippen molar-refractivity contribution in [3.8, 4) is 0 Å². The second-order valence-electron chi connectivity index (χ2n) is 5.42. The summed E-state index contributed by atoms with van der Waals surface area (Å²) < 4.78 is 0. The molecule has 0 amide bonds. The van der Waals surface area contributed by atoms with Crippen LogP contribution in [0, 0.1) is 5.92 Å². The first kappa shape index (κ1) is 11.1. The van der Waals surface area contributed by atoms with Gasteiger partial charge in [-0.05, 0) is 42.7 Å². The van der Waals surface area contributed by atoms with Gasteiger partial charge in [0.05, 0.1) is 0 Å². The summed E-state index contributed by atoms with van der Waals surface area (Å²) in [5, 5.41) is 0. The number of hydrogen-bond donors (Lipinski definition) is 1. The van der Waals surface area contributed by atoms with Crippen molar-refractivity contribution >= 4 is 5.69 Å². The Balaban J connectivity index is 1.89. The Hall–Kier alpha value is -1.02. The number of nitrogens with two attached hydrogens (primary N) is 1. The van der Waals surface area contributed by atoms with Gasteiger partial charge in [-0.1, -0.05) is 24.6 Å². The van der Waals surface area contributed by atoms with Crippen LogP contribution < -0.4 is 10.6 Å². The van der Waals surface area contributed by atoms with Crippen molar-refractivity contribution in [2.24, 2.45) is 11.7 Å². The number of benzene rings is 1. The summed E-state index contributed by atoms with van der Waals surface area (Å²) in [5.74, 6) is 1.77. The minimum atomic E-state index is 0.752. The molecule has 0 aromatic heterocycles. The maximum Gasteiger partial charge on any atom is 0.0402 e. The highest BCUT2D eigenvalue weighted by Gasteiger charge is 2.33. The molecule has 0 spiro atoms. The van der Waals surface area contributed by atoms with E-state index < -0.39 is 0 Å². The van der Waals surface area contributed by atoms with Gasteiger partial charge in [0.25, 0.3) is 0 Å². The normalized spacial score (nSPS) is 24.3. The number of hydrogen-bond acceptors (Lipinski definition) is 2. The molecule has 1 unspecified atom stereocenters. The summed E-state index contributed by atoms with van der Waals surface area (Å²) in [6, 6.07) is 8.96. The maximum atomic E-state index is 5.71. The van der Waals surface area contributed by atoms with E-state index in [0.29, 0.717) is 0 Å². The average molecular weight is 230 g/mol. The van der Waals surface area contributed by atoms with Crippen LogP contribution >= 0.6 is 0 Å². The summed E-state index contributed by atoms with van der Waals surface area (Å²) in [4.78, 5) is 2.46. The van der Waals surface area contributed by atoms with Gasteiger partial charge in [0, 0.05) is 25.3 Å². The van der Waals surface area contributed by atoms with Crippen LogP contribution in [0.4, 0.5) is 5.69 Å². The first-order chi connectivity index (χ1) is 8.40. The molecule has 2 N–H and O–H groups in total. The van der Waals surface area contributed by atoms with Gasteiger partial charge in [-0.3, -0.25) is 0 Å². The number of anilines is 1. The molecule has 0 radical (unpaired) electrons. The molecule has 3 rings (SSSR count). The fourth-order valence-electron chi connectivity index (χ4n) is 3.38. The molecule has 17 heavy (non-hydrogen) atoms. The summed E-state index contributed by atoms with van der Waals surface area (Å²) in [6.45, 7) is 2.94. The SMILES string of the molecule is NCCN1CCC(C2CCC2)c2ccccc21. The van der Waals surface area contributed by atoms with E-state index in [1.54, 1.807) is 5.56 Å². The van der Waals surface area contributed by atoms with Crippen LogP contribution in [0.15, 0.2) is 24.3 Å². The summed E-state index contributed by atoms with van der Waals surface area (Å²) in [7, 11) is 0. The van der Waals surface area contributed by atoms with E-state index in [2.05, 4.69) is 29.2 Å². The Bertz CT molecular complexity index is 384. The molecule has 2 aliphatic rings. The van der Waals surface area contributed by atoms with Crippen LogP contribution in [0.3, 0.4) is 0 Å². The molecule has 0 saturated heterocycles. The molecular weight excluding hydrogens is 208 g/mol. The largest absolute Gasteiger partial charge is 0.370 e. The molecule has 1 aliphatic carbocycles. The van der Waals surface area contributed by atoms with Crippen molar-refractivity contribution in [3.63, 3.8) is 0 Å². The van der Waals surface area contributed by atoms with Gasteiger partial charge >= 0.3 is 0 Å². The first-order valence-corrected chi connectivity index (χ1v) is 6.94. The van der Waals surface area contributed by atoms with E-state index in [0.717, 1.165) is 24.9 Å². The van der Waals surface area contributed by atoms with Crippen molar-refractivity contribution in [2.45, 2.75) is 31.6 Å². The smallest absolute Gasteiger partial charge is 0.0402 e. The van der Waals surface area contributed by atoms with Crippen LogP contribution in [-0.2, 0) is 0 Å². The monoisotopic (exact) mass is 230 g/mol. The molecule has 1 fully saturated rings. The lowest BCUT2D eigenvalue weighted by Crippen LogP contribution is -2.37. The molecule has 1 saturated carbocycles. The lowest BCUT2D eigenvalue weighted by Gasteiger charge is -2.42. The van der Waals surface area contributed by atoms with Gasteiger partial charge in [-0.25, -0.2) is 0 Å². The standard InChI is InChI=1S/C15H22N2/c16-9-11-17-10-8-13(12-4-3-5-12)14-6-1-2-7-15(14)17/h1-2,6-7,12-13H,3-5,8-11,16H2. The Morgan fingerprint density at radius 1 is 1.18 bits per heavy atom. The topological polar surface area (TPSA) is 29.3 Å². The maximum absolute atomic E-state index is 5.71. The second-order valence-corrected chi connectivity index (χ2v) is 5.42. The van der Waals surface area contributed by atoms with E-state index in [1.807, 2.05) is 0 Å². The van der Waals surface area contributed by atoms with Crippen LogP contribution in [-0.4, -0.2) is 19.6 Å². The Morgan fingerprint density at radius 3 is 2.71 bits per heavy atom. The van der Waals surface area contributed by atoms with Gasteiger partial charge in [-0.15, -0.1) is 0 Å². The fraction of sp³-hybridized carbons (Fsp3) is 0.600. The predicted molar refractivity (Wildman–Crippen MR) is 72.4 cm³/mol. The van der Waals surface area contributed by atoms with E-state index >= 15 is 0 Å². The predicted octanol–water partition coefficient (Wildman–Crippen LogP) is 2.74. The zero-order valence-electron chi connectivity index (χ0n) is 10.4. The highest BCUT2D eigenvalue weighted by molar-refractivity contribution is 5.57. The summed E-state index contributed by atoms with van der Waals surface area (Å²) in [5.41, 5.74) is 8.73. The average Bonchev–Trinajstić information content (AvgIpc) is 2.30. The van der Waals surface area contributed by atoms with Gasteiger partial charge in [0.2, 0.25) is 0 Å². The number of para-hydroxylation sites is 1. The van der Waals surface area contributed by atoms with Gasteiger partial charge in [-0.2, -0.15) is 0 Å². The molecule has 0 bridgehead atoms. The van der Waals surface area contributed by atoms with Crippen molar-refractivity contribution in [1.29, 1.82) is 0 Å². The summed E-state index contributed by atoms with van der Waals surface area (Å²) >= 11 is 0. The molecule has 2 nitrogen and oxygen atoms in total. The van der Waals surface area contributed by atoms with Gasteiger partial charge in [0.15, 0.2) is 0 Å². The lowest BCUT2D eigenvalue weighted by molar-refractivity contribution is 0.248. The highest BCUT2D eigenvalue weighted by atomic mass is 15.1. The fourth-order valence-corrected chi connectivity index (χ4v) is 3.38. The first-order valence-electron chi connectivity index (χ1n) is 6.94. The van der Waals surface area contributed by atoms with Crippen LogP contribution in [0.5, 0.6) is 0 Å². The Morgan fingerprint density at radius 2 is 2.00 bits per heavy atom. The van der Waals surface area contributed by atoms with E-state index in [-0.39, 0.29) is 0 Å². The van der Waals surface area contributed by atoms with Crippen LogP contribution in [0.1, 0.15) is 37.2 Å².